The number of nitrogens with zero attached hydrogens (tertiary/aromatic N) is 2. The first kappa shape index (κ1) is 18.3. The van der Waals surface area contributed by atoms with Crippen LogP contribution in [-0.4, -0.2) is 53.8 Å². The predicted octanol–water partition coefficient (Wildman–Crippen LogP) is 1.61. The van der Waals surface area contributed by atoms with Crippen molar-refractivity contribution in [3.63, 3.8) is 0 Å². The average Bonchev–Trinajstić information content (AvgIpc) is 3.28. The third kappa shape index (κ3) is 3.17. The number of hydrogen-bond donors (Lipinski definition) is 1. The minimum Gasteiger partial charge on any atom is -0.331 e. The summed E-state index contributed by atoms with van der Waals surface area (Å²) in [5.74, 6) is 1.93. The number of hydrogen-bond acceptors (Lipinski definition) is 5. The van der Waals surface area contributed by atoms with Gasteiger partial charge in [0.1, 0.15) is 0 Å². The van der Waals surface area contributed by atoms with Crippen LogP contribution in [0.4, 0.5) is 0 Å². The van der Waals surface area contributed by atoms with Crippen LogP contribution in [0.3, 0.4) is 0 Å². The Labute approximate surface area is 159 Å². The van der Waals surface area contributed by atoms with E-state index < -0.39 is 16.1 Å². The Kier molecular flexibility index (Phi) is 5.02. The van der Waals surface area contributed by atoms with Crippen molar-refractivity contribution in [3.8, 4) is 0 Å². The molecule has 142 valence electrons. The summed E-state index contributed by atoms with van der Waals surface area (Å²) in [7, 11) is -3.39. The summed E-state index contributed by atoms with van der Waals surface area (Å²) >= 11 is 1.76. The second kappa shape index (κ2) is 7.14. The van der Waals surface area contributed by atoms with Gasteiger partial charge in [-0.05, 0) is 43.2 Å². The van der Waals surface area contributed by atoms with Gasteiger partial charge in [0.15, 0.2) is 0 Å². The molecule has 0 bridgehead atoms. The van der Waals surface area contributed by atoms with Crippen LogP contribution >= 0.6 is 11.8 Å². The molecule has 4 rings (SSSR count). The number of thioether (sulfide) groups is 1. The Morgan fingerprint density at radius 1 is 1.19 bits per heavy atom. The summed E-state index contributed by atoms with van der Waals surface area (Å²) in [5, 5.41) is 0. The fraction of sp³-hybridized carbons (Fsp3) is 0.611. The molecule has 0 spiro atoms. The van der Waals surface area contributed by atoms with Crippen molar-refractivity contribution < 1.29 is 13.2 Å². The normalized spacial score (nSPS) is 29.5. The number of nitrogens with two attached hydrogens (primary N) is 1. The van der Waals surface area contributed by atoms with Crippen molar-refractivity contribution >= 4 is 27.7 Å². The molecule has 1 aromatic carbocycles. The molecule has 0 aromatic heterocycles. The molecule has 0 unspecified atom stereocenters. The molecule has 2 aliphatic heterocycles. The van der Waals surface area contributed by atoms with Crippen molar-refractivity contribution in [2.45, 2.75) is 49.2 Å². The van der Waals surface area contributed by atoms with Gasteiger partial charge in [0.25, 0.3) is 0 Å². The van der Waals surface area contributed by atoms with Gasteiger partial charge >= 0.3 is 0 Å². The lowest BCUT2D eigenvalue weighted by molar-refractivity contribution is -0.132. The number of carbonyl (C=O) groups is 1. The van der Waals surface area contributed by atoms with Crippen LogP contribution in [0.25, 0.3) is 0 Å². The van der Waals surface area contributed by atoms with Crippen molar-refractivity contribution in [1.29, 1.82) is 0 Å². The van der Waals surface area contributed by atoms with Gasteiger partial charge in [0.2, 0.25) is 15.9 Å². The van der Waals surface area contributed by atoms with E-state index in [1.807, 2.05) is 17.0 Å². The van der Waals surface area contributed by atoms with Crippen LogP contribution in [0, 0.1) is 5.92 Å². The largest absolute Gasteiger partial charge is 0.331 e. The molecule has 2 fully saturated rings. The Morgan fingerprint density at radius 2 is 1.92 bits per heavy atom. The summed E-state index contributed by atoms with van der Waals surface area (Å²) in [5.41, 5.74) is 7.14. The Morgan fingerprint density at radius 3 is 2.58 bits per heavy atom. The standard InChI is InChI=1S/C18H25N3O3S2/c19-17(18(22)20-9-10-25-12-20)13-5-7-15(8-6-13)21-11-14-3-1-2-4-16(14)26(21,23)24/h1-4,13,15,17H,5-12,19H2/t13-,15-,17-/m0/s1. The van der Waals surface area contributed by atoms with Gasteiger partial charge in [-0.15, -0.1) is 11.8 Å². The molecule has 3 aliphatic rings. The fourth-order valence-electron chi connectivity index (χ4n) is 4.34. The Hall–Kier alpha value is -1.09. The van der Waals surface area contributed by atoms with E-state index in [-0.39, 0.29) is 17.9 Å². The molecule has 1 saturated carbocycles. The quantitative estimate of drug-likeness (QED) is 0.841. The monoisotopic (exact) mass is 395 g/mol. The minimum absolute atomic E-state index is 0.00768. The highest BCUT2D eigenvalue weighted by molar-refractivity contribution is 7.99. The first-order valence-corrected chi connectivity index (χ1v) is 11.8. The summed E-state index contributed by atoms with van der Waals surface area (Å²) in [4.78, 5) is 14.8. The Bertz CT molecular complexity index is 785. The second-order valence-electron chi connectivity index (χ2n) is 7.39. The van der Waals surface area contributed by atoms with Gasteiger partial charge < -0.3 is 10.6 Å². The topological polar surface area (TPSA) is 83.7 Å². The molecule has 1 aromatic rings. The Balaban J connectivity index is 1.39. The van der Waals surface area contributed by atoms with Gasteiger partial charge in [-0.25, -0.2) is 8.42 Å². The molecule has 1 atom stereocenters. The SMILES string of the molecule is N[C@H](C(=O)N1CCSC1)[C@H]1CC[C@H](N2Cc3ccccc3S2(=O)=O)CC1. The van der Waals surface area contributed by atoms with Gasteiger partial charge in [-0.3, -0.25) is 4.79 Å². The van der Waals surface area contributed by atoms with E-state index in [0.717, 1.165) is 49.4 Å². The van der Waals surface area contributed by atoms with Crippen LogP contribution in [0.5, 0.6) is 0 Å². The molecule has 1 saturated heterocycles. The van der Waals surface area contributed by atoms with Gasteiger partial charge in [-0.1, -0.05) is 18.2 Å². The van der Waals surface area contributed by atoms with E-state index in [1.54, 1.807) is 28.2 Å². The fourth-order valence-corrected chi connectivity index (χ4v) is 7.17. The molecule has 26 heavy (non-hydrogen) atoms. The highest BCUT2D eigenvalue weighted by Gasteiger charge is 2.41. The zero-order chi connectivity index (χ0) is 18.3. The van der Waals surface area contributed by atoms with Crippen LogP contribution in [-0.2, 0) is 21.4 Å². The average molecular weight is 396 g/mol. The van der Waals surface area contributed by atoms with Gasteiger partial charge in [0.05, 0.1) is 16.8 Å². The molecule has 1 aliphatic carbocycles. The van der Waals surface area contributed by atoms with Crippen molar-refractivity contribution in [3.05, 3.63) is 29.8 Å². The molecule has 2 heterocycles. The lowest BCUT2D eigenvalue weighted by Gasteiger charge is -2.36. The molecule has 6 nitrogen and oxygen atoms in total. The molecule has 1 amide bonds. The van der Waals surface area contributed by atoms with E-state index in [9.17, 15) is 13.2 Å². The van der Waals surface area contributed by atoms with Crippen molar-refractivity contribution in [1.82, 2.24) is 9.21 Å². The molecular weight excluding hydrogens is 370 g/mol. The van der Waals surface area contributed by atoms with E-state index in [1.165, 1.54) is 0 Å². The number of sulfonamides is 1. The lowest BCUT2D eigenvalue weighted by Crippen LogP contribution is -2.49. The summed E-state index contributed by atoms with van der Waals surface area (Å²) in [6.45, 7) is 1.25. The first-order valence-electron chi connectivity index (χ1n) is 9.20. The summed E-state index contributed by atoms with van der Waals surface area (Å²) in [6.07, 6.45) is 3.16. The van der Waals surface area contributed by atoms with Crippen LogP contribution in [0.15, 0.2) is 29.2 Å². The molecular formula is C18H25N3O3S2. The van der Waals surface area contributed by atoms with Gasteiger partial charge in [-0.2, -0.15) is 4.31 Å². The highest BCUT2D eigenvalue weighted by atomic mass is 32.2. The second-order valence-corrected chi connectivity index (χ2v) is 10.3. The van der Waals surface area contributed by atoms with Gasteiger partial charge in [0, 0.05) is 24.9 Å². The van der Waals surface area contributed by atoms with Crippen LogP contribution in [0.2, 0.25) is 0 Å². The predicted molar refractivity (Wildman–Crippen MR) is 102 cm³/mol. The zero-order valence-corrected chi connectivity index (χ0v) is 16.3. The molecule has 2 N–H and O–H groups in total. The number of carbonyl (C=O) groups excluding carboxylic acids is 1. The number of amides is 1. The third-order valence-electron chi connectivity index (χ3n) is 5.89. The minimum atomic E-state index is -3.39. The first-order chi connectivity index (χ1) is 12.5. The maximum Gasteiger partial charge on any atom is 0.243 e. The number of benzene rings is 1. The van der Waals surface area contributed by atoms with Crippen molar-refractivity contribution in [2.75, 3.05) is 18.2 Å². The number of rotatable bonds is 3. The molecule has 8 heteroatoms. The summed E-state index contributed by atoms with van der Waals surface area (Å²) < 4.78 is 27.3. The third-order valence-corrected chi connectivity index (χ3v) is 8.86. The van der Waals surface area contributed by atoms with Crippen LogP contribution in [0.1, 0.15) is 31.2 Å². The van der Waals surface area contributed by atoms with Crippen molar-refractivity contribution in [2.24, 2.45) is 11.7 Å². The smallest absolute Gasteiger partial charge is 0.243 e. The maximum absolute atomic E-state index is 12.8. The highest BCUT2D eigenvalue weighted by Crippen LogP contribution is 2.38. The van der Waals surface area contributed by atoms with E-state index >= 15 is 0 Å². The summed E-state index contributed by atoms with van der Waals surface area (Å²) in [6, 6.07) is 6.80. The van der Waals surface area contributed by atoms with E-state index in [4.69, 9.17) is 5.73 Å². The van der Waals surface area contributed by atoms with E-state index in [2.05, 4.69) is 0 Å². The zero-order valence-electron chi connectivity index (χ0n) is 14.7. The number of fused-ring (bicyclic) bond motifs is 1. The lowest BCUT2D eigenvalue weighted by atomic mass is 9.81. The molecule has 0 radical (unpaired) electrons. The van der Waals surface area contributed by atoms with E-state index in [0.29, 0.717) is 11.4 Å². The van der Waals surface area contributed by atoms with Crippen LogP contribution < -0.4 is 5.73 Å². The maximum atomic E-state index is 12.8.